The van der Waals surface area contributed by atoms with Crippen molar-refractivity contribution >= 4 is 0 Å². The van der Waals surface area contributed by atoms with Crippen LogP contribution >= 0.6 is 0 Å². The third kappa shape index (κ3) is 9.44. The van der Waals surface area contributed by atoms with Crippen LogP contribution in [-0.2, 0) is 0 Å². The summed E-state index contributed by atoms with van der Waals surface area (Å²) in [5, 5.41) is 0. The number of rotatable bonds is 0. The van der Waals surface area contributed by atoms with Crippen LogP contribution in [0.3, 0.4) is 0 Å². The fourth-order valence-electron chi connectivity index (χ4n) is 38.6. The maximum absolute atomic E-state index is 2.60. The van der Waals surface area contributed by atoms with Crippen LogP contribution in [-0.4, -0.2) is 0 Å². The van der Waals surface area contributed by atoms with Crippen LogP contribution in [0, 0.1) is 253 Å². The summed E-state index contributed by atoms with van der Waals surface area (Å²) in [6.45, 7) is 17.7. The predicted molar refractivity (Wildman–Crippen MR) is 386 cm³/mol. The minimum Gasteiger partial charge on any atom is -0.0625 e. The molecule has 29 saturated carbocycles. The van der Waals surface area contributed by atoms with Crippen molar-refractivity contribution in [2.24, 2.45) is 253 Å². The molecule has 29 rings (SSSR count). The fraction of sp³-hybridized carbons (Fsp3) is 1.00. The van der Waals surface area contributed by atoms with Gasteiger partial charge in [0.05, 0.1) is 0 Å². The maximum Gasteiger partial charge on any atom is -0.0181 e. The Balaban J connectivity index is 0.0000000752. The first-order valence-electron chi connectivity index (χ1n) is 45.4. The molecule has 29 aliphatic carbocycles. The Bertz CT molecular complexity index is 2560. The number of fused-ring (bicyclic) bond motifs is 8. The second kappa shape index (κ2) is 24.0. The lowest BCUT2D eigenvalue weighted by molar-refractivity contribution is -0.609. The van der Waals surface area contributed by atoms with Crippen LogP contribution in [0.1, 0.15) is 325 Å². The lowest BCUT2D eigenvalue weighted by Gasteiger charge is -3.07. The van der Waals surface area contributed by atoms with Crippen molar-refractivity contribution in [3.05, 3.63) is 0 Å². The van der Waals surface area contributed by atoms with E-state index in [1.54, 1.807) is 225 Å². The zero-order chi connectivity index (χ0) is 62.1. The Morgan fingerprint density at radius 2 is 0.710 bits per heavy atom. The standard InChI is InChI=1S/C15H22.2C15H26.C14H24.C13H22.C12H18.C9H10/c1-7-9-5-11-10-2-8-3-13(11)15(7)14(4-8)12(10)6-9;1-11-6-7-14-9-12-4-2-3-5-13(12)10-15(14)8-11;1-11-6-7-13-9-8-12-4-2-3-5-14(12)15(13)10-11;1-10-5-4-8-13-12-7-3-2-6-11(12)9-14(10)13;1-9-5-6-11-8-7-10-3-2-4-12(9)13(10)11;1-7-4-10-5-8-2-3-9-6-11(7)12(8,9)10;1-9-6-3-2-4(6)8(9)5(2)7(3)9/h7-15H,2-6H2,1H3;2*11-15H,2-10H2,1H3;10-14H,2-9H2,1H3;9-13H,2-8H2,1H3;7-11H,2-6H2,1H3;2-8H,1H3/t7-,8?,9?,10?,11?,12?,13?,14?,15?;2*11-,12?,13?,14?,15?;10-,11?,12?,13?,14?;9-,10?,11?,12?,13?;7-,8?,9?,10?,11?,12?;/m011110./s1. The largest absolute Gasteiger partial charge is 0.0625 e. The Labute approximate surface area is 574 Å². The normalized spacial score (nSPS) is 63.1. The molecule has 520 valence electrons. The highest BCUT2D eigenvalue weighted by atomic mass is 15.1. The lowest BCUT2D eigenvalue weighted by atomic mass is 8.97. The van der Waals surface area contributed by atoms with E-state index in [9.17, 15) is 0 Å². The molecule has 0 heteroatoms. The quantitative estimate of drug-likeness (QED) is 0.227. The van der Waals surface area contributed by atoms with Crippen LogP contribution in [0.15, 0.2) is 0 Å². The summed E-state index contributed by atoms with van der Waals surface area (Å²) in [6.07, 6.45) is 67.9. The molecule has 25 unspecified atom stereocenters. The zero-order valence-electron chi connectivity index (χ0n) is 62.1. The van der Waals surface area contributed by atoms with E-state index < -0.39 is 0 Å². The Hall–Kier alpha value is 0. The minimum absolute atomic E-state index is 0.967. The topological polar surface area (TPSA) is 0 Å². The van der Waals surface area contributed by atoms with E-state index in [1.807, 2.05) is 0 Å². The third-order valence-electron chi connectivity index (χ3n) is 41.9. The Morgan fingerprint density at radius 3 is 1.39 bits per heavy atom. The van der Waals surface area contributed by atoms with Gasteiger partial charge in [-0.05, 0) is 420 Å². The molecular formula is C93H148. The monoisotopic (exact) mass is 1270 g/mol. The lowest BCUT2D eigenvalue weighted by Crippen LogP contribution is -3.04. The van der Waals surface area contributed by atoms with Crippen LogP contribution in [0.25, 0.3) is 0 Å². The van der Waals surface area contributed by atoms with Crippen molar-refractivity contribution < 1.29 is 0 Å². The average Bonchev–Trinajstić information content (AvgIpc) is 1.55. The molecule has 0 saturated heterocycles. The molecule has 0 amide bonds. The molecule has 0 aromatic carbocycles. The second-order valence-electron chi connectivity index (χ2n) is 44.1. The first-order valence-corrected chi connectivity index (χ1v) is 45.4. The SMILES string of the molecule is CC12C3C4C5C3C1C5C42.C[C@@H]1CCC2CC3CCCCC3CC2C1.C[C@@H]1CCC2CCC3CCCC1C32.C[C@@H]1CCC2CCC3CCCCC3C2C1.C[C@@H]1CCCC2C3CCCCC3CC21.C[C@H]1C2CC3C4CC5CC3C1C(C5)C4C2.C[C@H]1CC2CC3CCC4CC1C342. The Morgan fingerprint density at radius 1 is 0.226 bits per heavy atom. The van der Waals surface area contributed by atoms with Gasteiger partial charge >= 0.3 is 0 Å². The van der Waals surface area contributed by atoms with Gasteiger partial charge in [0.1, 0.15) is 0 Å². The fourth-order valence-corrected chi connectivity index (χ4v) is 38.6. The third-order valence-corrected chi connectivity index (χ3v) is 41.9. The smallest absolute Gasteiger partial charge is 0.0181 e. The second-order valence-corrected chi connectivity index (χ2v) is 44.1. The van der Waals surface area contributed by atoms with Gasteiger partial charge in [0.2, 0.25) is 0 Å². The summed E-state index contributed by atoms with van der Waals surface area (Å²) < 4.78 is 0. The first kappa shape index (κ1) is 62.8. The molecule has 0 nitrogen and oxygen atoms in total. The van der Waals surface area contributed by atoms with Gasteiger partial charge in [-0.2, -0.15) is 0 Å². The summed E-state index contributed by atoms with van der Waals surface area (Å²) in [4.78, 5) is 0. The summed E-state index contributed by atoms with van der Waals surface area (Å²) in [7, 11) is 0. The average molecular weight is 1270 g/mol. The van der Waals surface area contributed by atoms with Crippen molar-refractivity contribution in [2.75, 3.05) is 0 Å². The summed E-state index contributed by atoms with van der Waals surface area (Å²) in [5.41, 5.74) is 1.94. The van der Waals surface area contributed by atoms with E-state index in [1.165, 1.54) is 164 Å². The van der Waals surface area contributed by atoms with Crippen molar-refractivity contribution in [3.63, 3.8) is 0 Å². The van der Waals surface area contributed by atoms with Crippen molar-refractivity contribution in [1.29, 1.82) is 0 Å². The molecule has 0 aromatic rings. The van der Waals surface area contributed by atoms with Gasteiger partial charge in [-0.1, -0.05) is 158 Å². The highest BCUT2D eigenvalue weighted by molar-refractivity contribution is 5.49. The van der Waals surface area contributed by atoms with Gasteiger partial charge in [0.15, 0.2) is 0 Å². The molecule has 8 bridgehead atoms. The summed E-state index contributed by atoms with van der Waals surface area (Å²) in [5.74, 6) is 48.2. The van der Waals surface area contributed by atoms with E-state index in [4.69, 9.17) is 0 Å². The molecule has 29 fully saturated rings. The van der Waals surface area contributed by atoms with Crippen molar-refractivity contribution in [1.82, 2.24) is 0 Å². The molecule has 0 N–H and O–H groups in total. The van der Waals surface area contributed by atoms with Gasteiger partial charge in [-0.3, -0.25) is 0 Å². The van der Waals surface area contributed by atoms with Crippen LogP contribution < -0.4 is 0 Å². The van der Waals surface area contributed by atoms with E-state index >= 15 is 0 Å². The maximum atomic E-state index is 2.60. The van der Waals surface area contributed by atoms with Crippen LogP contribution in [0.2, 0.25) is 0 Å². The van der Waals surface area contributed by atoms with Crippen molar-refractivity contribution in [3.8, 4) is 0 Å². The molecule has 0 aliphatic heterocycles. The molecule has 31 atom stereocenters. The van der Waals surface area contributed by atoms with Crippen LogP contribution in [0.5, 0.6) is 0 Å². The van der Waals surface area contributed by atoms with Crippen LogP contribution in [0.4, 0.5) is 0 Å². The van der Waals surface area contributed by atoms with E-state index in [0.29, 0.717) is 0 Å². The zero-order valence-corrected chi connectivity index (χ0v) is 62.1. The molecule has 0 aromatic heterocycles. The number of hydrogen-bond acceptors (Lipinski definition) is 0. The molecule has 1 spiro atoms. The number of hydrogen-bond donors (Lipinski definition) is 0. The van der Waals surface area contributed by atoms with Gasteiger partial charge in [-0.25, -0.2) is 0 Å². The van der Waals surface area contributed by atoms with Gasteiger partial charge < -0.3 is 0 Å². The van der Waals surface area contributed by atoms with E-state index in [2.05, 4.69) is 48.5 Å². The van der Waals surface area contributed by atoms with E-state index in [-0.39, 0.29) is 0 Å². The minimum atomic E-state index is 0.967. The molecule has 0 radical (unpaired) electrons. The van der Waals surface area contributed by atoms with Crippen molar-refractivity contribution in [2.45, 2.75) is 325 Å². The highest BCUT2D eigenvalue weighted by Gasteiger charge is 3.02. The van der Waals surface area contributed by atoms with E-state index in [0.717, 1.165) is 141 Å². The molecule has 29 aliphatic rings. The summed E-state index contributed by atoms with van der Waals surface area (Å²) >= 11 is 0. The van der Waals surface area contributed by atoms with Gasteiger partial charge in [0, 0.05) is 0 Å². The molecular weight excluding hydrogens is 1120 g/mol. The van der Waals surface area contributed by atoms with Gasteiger partial charge in [0.25, 0.3) is 0 Å². The highest BCUT2D eigenvalue weighted by Crippen LogP contribution is 3.05. The summed E-state index contributed by atoms with van der Waals surface area (Å²) in [6, 6.07) is 0. The molecule has 0 heterocycles. The Kier molecular flexibility index (Phi) is 16.2. The predicted octanol–water partition coefficient (Wildman–Crippen LogP) is 25.4. The first-order chi connectivity index (χ1) is 45.4. The molecule has 93 heavy (non-hydrogen) atoms. The van der Waals surface area contributed by atoms with Gasteiger partial charge in [-0.15, -0.1) is 0 Å².